The van der Waals surface area contributed by atoms with Crippen LogP contribution in [0.1, 0.15) is 20.9 Å². The fourth-order valence-corrected chi connectivity index (χ4v) is 4.43. The monoisotopic (exact) mass is 268 g/mol. The molecule has 3 aromatic rings. The molecule has 0 unspecified atom stereocenters. The van der Waals surface area contributed by atoms with Crippen molar-refractivity contribution in [3.05, 3.63) is 33.0 Å². The summed E-state index contributed by atoms with van der Waals surface area (Å²) in [5, 5.41) is 20.5. The zero-order valence-corrected chi connectivity index (χ0v) is 11.5. The van der Waals surface area contributed by atoms with Crippen LogP contribution in [0.4, 0.5) is 0 Å². The van der Waals surface area contributed by atoms with Gasteiger partial charge in [-0.3, -0.25) is 0 Å². The summed E-state index contributed by atoms with van der Waals surface area (Å²) in [5.74, 6) is 0. The van der Waals surface area contributed by atoms with Gasteiger partial charge in [0.25, 0.3) is 0 Å². The lowest BCUT2D eigenvalue weighted by Crippen LogP contribution is -1.85. The third-order valence-electron chi connectivity index (χ3n) is 2.93. The number of benzene rings is 1. The highest BCUT2D eigenvalue weighted by molar-refractivity contribution is 7.27. The van der Waals surface area contributed by atoms with E-state index in [2.05, 4.69) is 12.1 Å². The number of fused-ring (bicyclic) bond motifs is 3. The SMILES string of the molecule is Cc1cc2c(C#N)c(C#N)c3cc(C)sc3c2s1. The van der Waals surface area contributed by atoms with E-state index in [-0.39, 0.29) is 0 Å². The first-order valence-corrected chi connectivity index (χ1v) is 7.05. The summed E-state index contributed by atoms with van der Waals surface area (Å²) in [4.78, 5) is 2.34. The van der Waals surface area contributed by atoms with Crippen molar-refractivity contribution in [2.24, 2.45) is 0 Å². The number of hydrogen-bond donors (Lipinski definition) is 0. The van der Waals surface area contributed by atoms with Gasteiger partial charge in [-0.05, 0) is 26.0 Å². The third-order valence-corrected chi connectivity index (χ3v) is 5.19. The second kappa shape index (κ2) is 3.81. The molecule has 0 atom stereocenters. The second-order valence-corrected chi connectivity index (χ2v) is 6.69. The Morgan fingerprint density at radius 1 is 0.833 bits per heavy atom. The molecule has 0 fully saturated rings. The molecule has 0 aliphatic heterocycles. The first kappa shape index (κ1) is 11.2. The largest absolute Gasteiger partial charge is 0.192 e. The molecule has 0 bridgehead atoms. The van der Waals surface area contributed by atoms with Crippen LogP contribution in [0, 0.1) is 36.5 Å². The number of nitrogens with zero attached hydrogens (tertiary/aromatic N) is 2. The van der Waals surface area contributed by atoms with E-state index in [0.717, 1.165) is 20.2 Å². The Labute approximate surface area is 112 Å². The first-order valence-electron chi connectivity index (χ1n) is 5.42. The molecule has 1 aromatic carbocycles. The number of thiophene rings is 2. The molecule has 86 valence electrons. The van der Waals surface area contributed by atoms with Crippen LogP contribution in [0.15, 0.2) is 12.1 Å². The highest BCUT2D eigenvalue weighted by Crippen LogP contribution is 2.41. The van der Waals surface area contributed by atoms with E-state index in [1.165, 1.54) is 9.75 Å². The van der Waals surface area contributed by atoms with Crippen LogP contribution in [-0.4, -0.2) is 0 Å². The quantitative estimate of drug-likeness (QED) is 0.603. The summed E-state index contributed by atoms with van der Waals surface area (Å²) in [5.41, 5.74) is 1.03. The predicted molar refractivity (Wildman–Crippen MR) is 76.1 cm³/mol. The fraction of sp³-hybridized carbons (Fsp3) is 0.143. The van der Waals surface area contributed by atoms with Crippen molar-refractivity contribution in [1.82, 2.24) is 0 Å². The van der Waals surface area contributed by atoms with E-state index >= 15 is 0 Å². The Bertz CT molecular complexity index is 796. The van der Waals surface area contributed by atoms with E-state index < -0.39 is 0 Å². The van der Waals surface area contributed by atoms with Gasteiger partial charge in [-0.15, -0.1) is 22.7 Å². The minimum absolute atomic E-state index is 0.516. The highest BCUT2D eigenvalue weighted by Gasteiger charge is 2.17. The van der Waals surface area contributed by atoms with E-state index in [4.69, 9.17) is 0 Å². The van der Waals surface area contributed by atoms with E-state index in [0.29, 0.717) is 11.1 Å². The average molecular weight is 268 g/mol. The normalized spacial score (nSPS) is 10.7. The number of aryl methyl sites for hydroxylation is 2. The lowest BCUT2D eigenvalue weighted by molar-refractivity contribution is 1.47. The highest BCUT2D eigenvalue weighted by atomic mass is 32.1. The van der Waals surface area contributed by atoms with Crippen molar-refractivity contribution in [1.29, 1.82) is 10.5 Å². The van der Waals surface area contributed by atoms with Gasteiger partial charge < -0.3 is 0 Å². The molecule has 3 rings (SSSR count). The first-order chi connectivity index (χ1) is 8.65. The maximum absolute atomic E-state index is 9.33. The van der Waals surface area contributed by atoms with Crippen molar-refractivity contribution in [3.8, 4) is 12.1 Å². The van der Waals surface area contributed by atoms with Crippen molar-refractivity contribution < 1.29 is 0 Å². The predicted octanol–water partition coefficient (Wildman–Crippen LogP) is 4.48. The zero-order chi connectivity index (χ0) is 12.9. The van der Waals surface area contributed by atoms with Gasteiger partial charge in [-0.1, -0.05) is 0 Å². The number of nitriles is 2. The van der Waals surface area contributed by atoms with Gasteiger partial charge in [0.15, 0.2) is 0 Å². The molecule has 18 heavy (non-hydrogen) atoms. The van der Waals surface area contributed by atoms with Crippen LogP contribution >= 0.6 is 22.7 Å². The third kappa shape index (κ3) is 1.37. The molecule has 2 aromatic heterocycles. The van der Waals surface area contributed by atoms with Gasteiger partial charge in [0.1, 0.15) is 12.1 Å². The van der Waals surface area contributed by atoms with E-state index in [1.807, 2.05) is 26.0 Å². The van der Waals surface area contributed by atoms with Crippen molar-refractivity contribution in [2.45, 2.75) is 13.8 Å². The second-order valence-electron chi connectivity index (χ2n) is 4.17. The Morgan fingerprint density at radius 2 is 1.22 bits per heavy atom. The summed E-state index contributed by atoms with van der Waals surface area (Å²) >= 11 is 3.39. The van der Waals surface area contributed by atoms with Crippen molar-refractivity contribution >= 4 is 42.8 Å². The summed E-state index contributed by atoms with van der Waals surface area (Å²) in [6.45, 7) is 4.06. The standard InChI is InChI=1S/C14H8N2S2/c1-7-3-9-11(5-15)12(6-16)10-4-8(2)18-14(10)13(9)17-7/h3-4H,1-2H3. The fourth-order valence-electron chi connectivity index (χ4n) is 2.24. The summed E-state index contributed by atoms with van der Waals surface area (Å²) in [7, 11) is 0. The molecule has 0 saturated heterocycles. The van der Waals surface area contributed by atoms with Crippen LogP contribution in [0.3, 0.4) is 0 Å². The molecule has 0 spiro atoms. The molecule has 0 amide bonds. The molecule has 2 heterocycles. The van der Waals surface area contributed by atoms with Gasteiger partial charge in [-0.2, -0.15) is 10.5 Å². The van der Waals surface area contributed by atoms with Crippen LogP contribution in [-0.2, 0) is 0 Å². The van der Waals surface area contributed by atoms with Crippen LogP contribution in [0.25, 0.3) is 20.2 Å². The summed E-state index contributed by atoms with van der Waals surface area (Å²) < 4.78 is 2.27. The maximum atomic E-state index is 9.33. The molecule has 0 aliphatic carbocycles. The Balaban J connectivity index is 2.70. The van der Waals surface area contributed by atoms with E-state index in [1.54, 1.807) is 22.7 Å². The number of hydrogen-bond acceptors (Lipinski definition) is 4. The lowest BCUT2D eigenvalue weighted by Gasteiger charge is -1.99. The lowest BCUT2D eigenvalue weighted by atomic mass is 10.0. The smallest absolute Gasteiger partial charge is 0.101 e. The molecule has 2 nitrogen and oxygen atoms in total. The molecular weight excluding hydrogens is 260 g/mol. The Kier molecular flexibility index (Phi) is 2.38. The van der Waals surface area contributed by atoms with E-state index in [9.17, 15) is 10.5 Å². The van der Waals surface area contributed by atoms with Crippen molar-refractivity contribution in [2.75, 3.05) is 0 Å². The molecular formula is C14H8N2S2. The molecule has 0 saturated carbocycles. The van der Waals surface area contributed by atoms with Gasteiger partial charge in [0.05, 0.1) is 20.5 Å². The molecule has 0 N–H and O–H groups in total. The Morgan fingerprint density at radius 3 is 1.56 bits per heavy atom. The Hall–Kier alpha value is -1.88. The molecule has 4 heteroatoms. The van der Waals surface area contributed by atoms with Crippen LogP contribution < -0.4 is 0 Å². The number of rotatable bonds is 0. The molecule has 0 aliphatic rings. The minimum atomic E-state index is 0.516. The zero-order valence-electron chi connectivity index (χ0n) is 9.87. The summed E-state index contributed by atoms with van der Waals surface area (Å²) in [6, 6.07) is 8.40. The van der Waals surface area contributed by atoms with Gasteiger partial charge in [-0.25, -0.2) is 0 Å². The molecule has 0 radical (unpaired) electrons. The maximum Gasteiger partial charge on any atom is 0.101 e. The van der Waals surface area contributed by atoms with Gasteiger partial charge >= 0.3 is 0 Å². The summed E-state index contributed by atoms with van der Waals surface area (Å²) in [6.07, 6.45) is 0. The van der Waals surface area contributed by atoms with Gasteiger partial charge in [0, 0.05) is 20.5 Å². The van der Waals surface area contributed by atoms with Crippen LogP contribution in [0.2, 0.25) is 0 Å². The minimum Gasteiger partial charge on any atom is -0.192 e. The van der Waals surface area contributed by atoms with Crippen LogP contribution in [0.5, 0.6) is 0 Å². The van der Waals surface area contributed by atoms with Crippen molar-refractivity contribution in [3.63, 3.8) is 0 Å². The topological polar surface area (TPSA) is 47.6 Å². The average Bonchev–Trinajstić information content (AvgIpc) is 2.89. The van der Waals surface area contributed by atoms with Gasteiger partial charge in [0.2, 0.25) is 0 Å².